The van der Waals surface area contributed by atoms with Crippen molar-refractivity contribution in [3.63, 3.8) is 0 Å². The standard InChI is InChI=1S/C20H18ClF3N2O6/c1-3-31-17(27)19(18(28)32-4-2,10-12-6-5-7-25-11-12)14-8-15(21)13(20(22,23)24)9-16(14)26(29)30/h5-9,11H,3-4,10H2,1-2H3. The van der Waals surface area contributed by atoms with Crippen LogP contribution in [0.2, 0.25) is 5.02 Å². The number of carbonyl (C=O) groups excluding carboxylic acids is 2. The van der Waals surface area contributed by atoms with Crippen LogP contribution in [-0.2, 0) is 37.1 Å². The molecular weight excluding hydrogens is 457 g/mol. The molecule has 1 aromatic heterocycles. The summed E-state index contributed by atoms with van der Waals surface area (Å²) < 4.78 is 50.0. The van der Waals surface area contributed by atoms with Crippen LogP contribution in [0, 0.1) is 10.1 Å². The summed E-state index contributed by atoms with van der Waals surface area (Å²) in [5.41, 5.74) is -5.53. The number of pyridine rings is 1. The quantitative estimate of drug-likeness (QED) is 0.243. The number of benzene rings is 1. The van der Waals surface area contributed by atoms with Gasteiger partial charge in [0.15, 0.2) is 0 Å². The fourth-order valence-electron chi connectivity index (χ4n) is 3.13. The summed E-state index contributed by atoms with van der Waals surface area (Å²) in [5.74, 6) is -2.47. The topological polar surface area (TPSA) is 109 Å². The number of nitro benzene ring substituents is 1. The van der Waals surface area contributed by atoms with E-state index in [0.29, 0.717) is 6.07 Å². The van der Waals surface area contributed by atoms with Gasteiger partial charge in [0.05, 0.1) is 34.3 Å². The second-order valence-corrected chi connectivity index (χ2v) is 6.90. The minimum absolute atomic E-state index is 0.189. The van der Waals surface area contributed by atoms with Crippen molar-refractivity contribution >= 4 is 29.2 Å². The molecule has 172 valence electrons. The van der Waals surface area contributed by atoms with E-state index in [9.17, 15) is 32.9 Å². The van der Waals surface area contributed by atoms with Crippen LogP contribution in [0.5, 0.6) is 0 Å². The number of rotatable bonds is 8. The second-order valence-electron chi connectivity index (χ2n) is 6.49. The van der Waals surface area contributed by atoms with Gasteiger partial charge in [0, 0.05) is 24.9 Å². The summed E-state index contributed by atoms with van der Waals surface area (Å²) >= 11 is 5.80. The first-order chi connectivity index (χ1) is 15.0. The molecule has 2 rings (SSSR count). The van der Waals surface area contributed by atoms with E-state index in [-0.39, 0.29) is 24.8 Å². The second kappa shape index (κ2) is 9.94. The number of aromatic nitrogens is 1. The number of ether oxygens (including phenoxy) is 2. The maximum Gasteiger partial charge on any atom is 0.418 e. The highest BCUT2D eigenvalue weighted by atomic mass is 35.5. The Bertz CT molecular complexity index is 996. The van der Waals surface area contributed by atoms with E-state index in [2.05, 4.69) is 4.98 Å². The Labute approximate surface area is 185 Å². The summed E-state index contributed by atoms with van der Waals surface area (Å²) in [6, 6.07) is 3.75. The highest BCUT2D eigenvalue weighted by Gasteiger charge is 2.55. The maximum absolute atomic E-state index is 13.3. The van der Waals surface area contributed by atoms with Crippen molar-refractivity contribution in [3.05, 3.63) is 68.5 Å². The molecule has 0 unspecified atom stereocenters. The molecule has 0 saturated heterocycles. The average molecular weight is 475 g/mol. The molecule has 12 heteroatoms. The molecule has 1 heterocycles. The SMILES string of the molecule is CCOC(=O)C(Cc1cccnc1)(C(=O)OCC)c1cc(Cl)c(C(F)(F)F)cc1[N+](=O)[O-]. The lowest BCUT2D eigenvalue weighted by atomic mass is 9.74. The van der Waals surface area contributed by atoms with E-state index in [1.807, 2.05) is 0 Å². The van der Waals surface area contributed by atoms with Crippen LogP contribution in [0.1, 0.15) is 30.5 Å². The van der Waals surface area contributed by atoms with Crippen LogP contribution in [0.3, 0.4) is 0 Å². The Morgan fingerprint density at radius 2 is 1.72 bits per heavy atom. The van der Waals surface area contributed by atoms with Crippen molar-refractivity contribution in [1.29, 1.82) is 0 Å². The molecule has 8 nitrogen and oxygen atoms in total. The van der Waals surface area contributed by atoms with Crippen LogP contribution in [0.25, 0.3) is 0 Å². The first-order valence-electron chi connectivity index (χ1n) is 9.27. The van der Waals surface area contributed by atoms with E-state index < -0.39 is 56.7 Å². The first-order valence-corrected chi connectivity index (χ1v) is 9.65. The zero-order chi connectivity index (χ0) is 24.1. The lowest BCUT2D eigenvalue weighted by molar-refractivity contribution is -0.386. The predicted octanol–water partition coefficient (Wildman–Crippen LogP) is 4.27. The van der Waals surface area contributed by atoms with Crippen molar-refractivity contribution in [2.75, 3.05) is 13.2 Å². The molecule has 0 spiro atoms. The van der Waals surface area contributed by atoms with Gasteiger partial charge in [0.2, 0.25) is 5.41 Å². The molecule has 0 atom stereocenters. The van der Waals surface area contributed by atoms with Gasteiger partial charge in [-0.05, 0) is 31.5 Å². The molecule has 0 aliphatic rings. The van der Waals surface area contributed by atoms with Crippen LogP contribution in [-0.4, -0.2) is 35.1 Å². The minimum Gasteiger partial charge on any atom is -0.465 e. The predicted molar refractivity (Wildman–Crippen MR) is 106 cm³/mol. The van der Waals surface area contributed by atoms with Gasteiger partial charge in [0.25, 0.3) is 5.69 Å². The lowest BCUT2D eigenvalue weighted by Gasteiger charge is -2.30. The number of esters is 2. The van der Waals surface area contributed by atoms with Crippen molar-refractivity contribution in [2.24, 2.45) is 0 Å². The van der Waals surface area contributed by atoms with Gasteiger partial charge in [-0.1, -0.05) is 17.7 Å². The molecular formula is C20H18ClF3N2O6. The Morgan fingerprint density at radius 1 is 1.12 bits per heavy atom. The van der Waals surface area contributed by atoms with E-state index in [0.717, 1.165) is 0 Å². The fraction of sp³-hybridized carbons (Fsp3) is 0.350. The highest BCUT2D eigenvalue weighted by Crippen LogP contribution is 2.44. The minimum atomic E-state index is -5.01. The summed E-state index contributed by atoms with van der Waals surface area (Å²) in [6.45, 7) is 2.45. The number of hydrogen-bond acceptors (Lipinski definition) is 7. The zero-order valence-corrected chi connectivity index (χ0v) is 17.7. The van der Waals surface area contributed by atoms with Crippen molar-refractivity contribution < 1.29 is 37.2 Å². The largest absolute Gasteiger partial charge is 0.465 e. The third kappa shape index (κ3) is 4.98. The van der Waals surface area contributed by atoms with Gasteiger partial charge in [-0.15, -0.1) is 0 Å². The molecule has 0 saturated carbocycles. The lowest BCUT2D eigenvalue weighted by Crippen LogP contribution is -2.48. The van der Waals surface area contributed by atoms with E-state index in [1.54, 1.807) is 0 Å². The van der Waals surface area contributed by atoms with Crippen LogP contribution in [0.4, 0.5) is 18.9 Å². The smallest absolute Gasteiger partial charge is 0.418 e. The number of hydrogen-bond donors (Lipinski definition) is 0. The zero-order valence-electron chi connectivity index (χ0n) is 16.9. The third-order valence-electron chi connectivity index (χ3n) is 4.49. The molecule has 0 bridgehead atoms. The van der Waals surface area contributed by atoms with Gasteiger partial charge in [-0.2, -0.15) is 13.2 Å². The molecule has 0 fully saturated rings. The van der Waals surface area contributed by atoms with Crippen molar-refractivity contribution in [2.45, 2.75) is 31.9 Å². The number of nitro groups is 1. The number of carbonyl (C=O) groups is 2. The summed E-state index contributed by atoms with van der Waals surface area (Å²) in [4.78, 5) is 40.8. The molecule has 0 radical (unpaired) electrons. The van der Waals surface area contributed by atoms with Crippen LogP contribution in [0.15, 0.2) is 36.7 Å². The molecule has 1 aromatic carbocycles. The third-order valence-corrected chi connectivity index (χ3v) is 4.80. The normalized spacial score (nSPS) is 11.7. The first kappa shape index (κ1) is 25.1. The van der Waals surface area contributed by atoms with Gasteiger partial charge >= 0.3 is 18.1 Å². The van der Waals surface area contributed by atoms with E-state index in [1.165, 1.54) is 38.4 Å². The highest BCUT2D eigenvalue weighted by molar-refractivity contribution is 6.31. The van der Waals surface area contributed by atoms with Crippen molar-refractivity contribution in [1.82, 2.24) is 4.98 Å². The van der Waals surface area contributed by atoms with E-state index in [4.69, 9.17) is 21.1 Å². The monoisotopic (exact) mass is 474 g/mol. The number of halogens is 4. The fourth-order valence-corrected chi connectivity index (χ4v) is 3.40. The van der Waals surface area contributed by atoms with Gasteiger partial charge in [0.1, 0.15) is 0 Å². The molecule has 0 N–H and O–H groups in total. The Balaban J connectivity index is 2.94. The van der Waals surface area contributed by atoms with E-state index >= 15 is 0 Å². The van der Waals surface area contributed by atoms with Crippen LogP contribution >= 0.6 is 11.6 Å². The Morgan fingerprint density at radius 3 is 2.16 bits per heavy atom. The maximum atomic E-state index is 13.3. The van der Waals surface area contributed by atoms with Gasteiger partial charge in [-0.3, -0.25) is 24.7 Å². The van der Waals surface area contributed by atoms with Gasteiger partial charge < -0.3 is 9.47 Å². The van der Waals surface area contributed by atoms with Crippen LogP contribution < -0.4 is 0 Å². The Hall–Kier alpha value is -3.21. The molecule has 0 aliphatic heterocycles. The molecule has 32 heavy (non-hydrogen) atoms. The van der Waals surface area contributed by atoms with Gasteiger partial charge in [-0.25, -0.2) is 0 Å². The summed E-state index contributed by atoms with van der Waals surface area (Å²) in [5, 5.41) is 10.8. The number of nitrogens with zero attached hydrogens (tertiary/aromatic N) is 2. The number of alkyl halides is 3. The molecule has 2 aromatic rings. The summed E-state index contributed by atoms with van der Waals surface area (Å²) in [6.07, 6.45) is -2.83. The summed E-state index contributed by atoms with van der Waals surface area (Å²) in [7, 11) is 0. The average Bonchev–Trinajstić information content (AvgIpc) is 2.71. The molecule has 0 amide bonds. The Kier molecular flexibility index (Phi) is 7.78. The van der Waals surface area contributed by atoms with Crippen molar-refractivity contribution in [3.8, 4) is 0 Å². The molecule has 0 aliphatic carbocycles.